The number of halogens is 1. The lowest BCUT2D eigenvalue weighted by Crippen LogP contribution is -2.25. The first kappa shape index (κ1) is 14.9. The summed E-state index contributed by atoms with van der Waals surface area (Å²) in [6.45, 7) is 1.89. The Morgan fingerprint density at radius 3 is 2.50 bits per heavy atom. The SMILES string of the molecule is CCC1C(=O)N(c2ccc(Cl)cc2)c2nc3ccccc3c(=O)n21. The number of benzene rings is 2. The van der Waals surface area contributed by atoms with Crippen molar-refractivity contribution in [2.45, 2.75) is 19.4 Å². The Labute approximate surface area is 143 Å². The largest absolute Gasteiger partial charge is 0.272 e. The monoisotopic (exact) mass is 339 g/mol. The molecule has 1 atom stereocenters. The van der Waals surface area contributed by atoms with Gasteiger partial charge in [0.05, 0.1) is 16.6 Å². The van der Waals surface area contributed by atoms with Gasteiger partial charge in [0, 0.05) is 5.02 Å². The molecule has 0 saturated heterocycles. The van der Waals surface area contributed by atoms with Gasteiger partial charge in [0.2, 0.25) is 5.95 Å². The first-order valence-electron chi connectivity index (χ1n) is 7.72. The van der Waals surface area contributed by atoms with Crippen molar-refractivity contribution in [1.29, 1.82) is 0 Å². The topological polar surface area (TPSA) is 55.2 Å². The van der Waals surface area contributed by atoms with E-state index in [9.17, 15) is 9.59 Å². The fraction of sp³-hybridized carbons (Fsp3) is 0.167. The van der Waals surface area contributed by atoms with Crippen LogP contribution in [0.5, 0.6) is 0 Å². The Balaban J connectivity index is 2.02. The van der Waals surface area contributed by atoms with E-state index in [0.717, 1.165) is 0 Å². The van der Waals surface area contributed by atoms with Gasteiger partial charge in [-0.05, 0) is 42.8 Å². The van der Waals surface area contributed by atoms with Crippen LogP contribution in [0.4, 0.5) is 11.6 Å². The smallest absolute Gasteiger partial charge is 0.263 e. The molecule has 1 amide bonds. The standard InChI is InChI=1S/C18H14ClN3O2/c1-2-15-17(24)21(12-9-7-11(19)8-10-12)18-20-14-6-4-3-5-13(14)16(23)22(15)18/h3-10,15H,2H2,1H3. The zero-order valence-electron chi connectivity index (χ0n) is 12.9. The van der Waals surface area contributed by atoms with Crippen LogP contribution in [0.1, 0.15) is 19.4 Å². The highest BCUT2D eigenvalue weighted by Gasteiger charge is 2.39. The van der Waals surface area contributed by atoms with Gasteiger partial charge in [-0.3, -0.25) is 14.2 Å². The lowest BCUT2D eigenvalue weighted by atomic mass is 10.2. The summed E-state index contributed by atoms with van der Waals surface area (Å²) in [6.07, 6.45) is 0.524. The van der Waals surface area contributed by atoms with E-state index in [4.69, 9.17) is 11.6 Å². The molecular weight excluding hydrogens is 326 g/mol. The molecule has 0 radical (unpaired) electrons. The third kappa shape index (κ3) is 2.05. The van der Waals surface area contributed by atoms with Gasteiger partial charge in [-0.25, -0.2) is 9.88 Å². The number of carbonyl (C=O) groups is 1. The van der Waals surface area contributed by atoms with Crippen molar-refractivity contribution in [3.63, 3.8) is 0 Å². The number of aromatic nitrogens is 2. The number of nitrogens with zero attached hydrogens (tertiary/aromatic N) is 3. The Kier molecular flexibility index (Phi) is 3.39. The number of hydrogen-bond donors (Lipinski definition) is 0. The molecule has 1 aliphatic rings. The van der Waals surface area contributed by atoms with Crippen LogP contribution in [0, 0.1) is 0 Å². The van der Waals surface area contributed by atoms with Gasteiger partial charge < -0.3 is 0 Å². The minimum absolute atomic E-state index is 0.153. The molecule has 6 heteroatoms. The van der Waals surface area contributed by atoms with Crippen molar-refractivity contribution in [2.24, 2.45) is 0 Å². The molecule has 0 saturated carbocycles. The molecule has 0 fully saturated rings. The molecule has 24 heavy (non-hydrogen) atoms. The summed E-state index contributed by atoms with van der Waals surface area (Å²) in [4.78, 5) is 31.9. The van der Waals surface area contributed by atoms with E-state index >= 15 is 0 Å². The molecule has 0 N–H and O–H groups in total. The molecule has 0 bridgehead atoms. The van der Waals surface area contributed by atoms with E-state index in [2.05, 4.69) is 4.98 Å². The number of amides is 1. The fourth-order valence-corrected chi connectivity index (χ4v) is 3.25. The van der Waals surface area contributed by atoms with Gasteiger partial charge in [-0.15, -0.1) is 0 Å². The third-order valence-corrected chi connectivity index (χ3v) is 4.53. The average molecular weight is 340 g/mol. The number of carbonyl (C=O) groups excluding carboxylic acids is 1. The van der Waals surface area contributed by atoms with E-state index in [1.807, 2.05) is 13.0 Å². The molecule has 1 aromatic heterocycles. The summed E-state index contributed by atoms with van der Waals surface area (Å²) in [6, 6.07) is 13.5. The Morgan fingerprint density at radius 2 is 1.79 bits per heavy atom. The normalized spacial score (nSPS) is 16.7. The summed E-state index contributed by atoms with van der Waals surface area (Å²) in [5.41, 5.74) is 1.04. The highest BCUT2D eigenvalue weighted by atomic mass is 35.5. The zero-order chi connectivity index (χ0) is 16.8. The van der Waals surface area contributed by atoms with Gasteiger partial charge in [-0.2, -0.15) is 0 Å². The maximum atomic E-state index is 12.9. The molecule has 5 nitrogen and oxygen atoms in total. The quantitative estimate of drug-likeness (QED) is 0.715. The van der Waals surface area contributed by atoms with Gasteiger partial charge >= 0.3 is 0 Å². The van der Waals surface area contributed by atoms with Crippen LogP contribution in [0.3, 0.4) is 0 Å². The van der Waals surface area contributed by atoms with Gasteiger partial charge in [0.25, 0.3) is 11.5 Å². The predicted molar refractivity (Wildman–Crippen MR) is 93.9 cm³/mol. The second kappa shape index (κ2) is 5.46. The fourth-order valence-electron chi connectivity index (χ4n) is 3.12. The van der Waals surface area contributed by atoms with E-state index in [-0.39, 0.29) is 11.5 Å². The van der Waals surface area contributed by atoms with Crippen molar-refractivity contribution < 1.29 is 4.79 Å². The molecular formula is C18H14ClN3O2. The lowest BCUT2D eigenvalue weighted by Gasteiger charge is -2.15. The summed E-state index contributed by atoms with van der Waals surface area (Å²) in [7, 11) is 0. The van der Waals surface area contributed by atoms with Gasteiger partial charge in [0.1, 0.15) is 6.04 Å². The van der Waals surface area contributed by atoms with E-state index in [1.54, 1.807) is 42.5 Å². The van der Waals surface area contributed by atoms with Crippen molar-refractivity contribution in [1.82, 2.24) is 9.55 Å². The molecule has 2 aromatic carbocycles. The van der Waals surface area contributed by atoms with Crippen LogP contribution >= 0.6 is 11.6 Å². The van der Waals surface area contributed by atoms with E-state index < -0.39 is 6.04 Å². The van der Waals surface area contributed by atoms with Crippen LogP contribution in [-0.4, -0.2) is 15.5 Å². The Morgan fingerprint density at radius 1 is 1.08 bits per heavy atom. The molecule has 1 aliphatic heterocycles. The molecule has 1 unspecified atom stereocenters. The van der Waals surface area contributed by atoms with E-state index in [0.29, 0.717) is 34.0 Å². The van der Waals surface area contributed by atoms with Crippen LogP contribution in [-0.2, 0) is 4.79 Å². The lowest BCUT2D eigenvalue weighted by molar-refractivity contribution is -0.119. The van der Waals surface area contributed by atoms with E-state index in [1.165, 1.54) is 9.47 Å². The highest BCUT2D eigenvalue weighted by molar-refractivity contribution is 6.30. The number of rotatable bonds is 2. The minimum atomic E-state index is -0.541. The summed E-state index contributed by atoms with van der Waals surface area (Å²) >= 11 is 5.94. The maximum absolute atomic E-state index is 12.9. The first-order valence-corrected chi connectivity index (χ1v) is 8.10. The van der Waals surface area contributed by atoms with Crippen molar-refractivity contribution in [2.75, 3.05) is 4.90 Å². The predicted octanol–water partition coefficient (Wildman–Crippen LogP) is 3.68. The molecule has 0 spiro atoms. The van der Waals surface area contributed by atoms with Crippen molar-refractivity contribution >= 4 is 40.0 Å². The number of para-hydroxylation sites is 1. The highest BCUT2D eigenvalue weighted by Crippen LogP contribution is 2.36. The zero-order valence-corrected chi connectivity index (χ0v) is 13.7. The maximum Gasteiger partial charge on any atom is 0.263 e. The molecule has 120 valence electrons. The van der Waals surface area contributed by atoms with Crippen LogP contribution in [0.2, 0.25) is 5.02 Å². The summed E-state index contributed by atoms with van der Waals surface area (Å²) in [5, 5.41) is 1.10. The van der Waals surface area contributed by atoms with Crippen molar-refractivity contribution in [3.8, 4) is 0 Å². The number of hydrogen-bond acceptors (Lipinski definition) is 3. The van der Waals surface area contributed by atoms with Gasteiger partial charge in [0.15, 0.2) is 0 Å². The second-order valence-corrected chi connectivity index (χ2v) is 6.11. The molecule has 4 rings (SSSR count). The van der Waals surface area contributed by atoms with Crippen LogP contribution in [0.25, 0.3) is 10.9 Å². The minimum Gasteiger partial charge on any atom is -0.272 e. The van der Waals surface area contributed by atoms with Crippen LogP contribution in [0.15, 0.2) is 53.3 Å². The Bertz CT molecular complexity index is 1010. The first-order chi connectivity index (χ1) is 11.6. The molecule has 2 heterocycles. The third-order valence-electron chi connectivity index (χ3n) is 4.28. The summed E-state index contributed by atoms with van der Waals surface area (Å²) < 4.78 is 1.50. The summed E-state index contributed by atoms with van der Waals surface area (Å²) in [5.74, 6) is 0.206. The van der Waals surface area contributed by atoms with Crippen LogP contribution < -0.4 is 10.5 Å². The Hall–Kier alpha value is -2.66. The average Bonchev–Trinajstić information content (AvgIpc) is 2.88. The molecule has 0 aliphatic carbocycles. The molecule has 3 aromatic rings. The number of anilines is 2. The van der Waals surface area contributed by atoms with Gasteiger partial charge in [-0.1, -0.05) is 30.7 Å². The number of fused-ring (bicyclic) bond motifs is 2. The van der Waals surface area contributed by atoms with Crippen molar-refractivity contribution in [3.05, 3.63) is 63.9 Å². The second-order valence-electron chi connectivity index (χ2n) is 5.68.